The van der Waals surface area contributed by atoms with Crippen LogP contribution in [0.3, 0.4) is 0 Å². The van der Waals surface area contributed by atoms with E-state index in [0.717, 1.165) is 23.6 Å². The van der Waals surface area contributed by atoms with Crippen LogP contribution in [0.2, 0.25) is 5.15 Å². The van der Waals surface area contributed by atoms with E-state index in [1.165, 1.54) is 6.33 Å². The summed E-state index contributed by atoms with van der Waals surface area (Å²) in [5, 5.41) is 0.402. The van der Waals surface area contributed by atoms with Gasteiger partial charge in [0, 0.05) is 18.3 Å². The zero-order valence-electron chi connectivity index (χ0n) is 10.6. The lowest BCUT2D eigenvalue weighted by Gasteiger charge is -2.23. The van der Waals surface area contributed by atoms with Crippen molar-refractivity contribution in [2.45, 2.75) is 19.3 Å². The molecule has 0 saturated heterocycles. The minimum Gasteiger partial charge on any atom is -0.351 e. The van der Waals surface area contributed by atoms with Crippen molar-refractivity contribution in [1.82, 2.24) is 15.0 Å². The topological polar surface area (TPSA) is 41.9 Å². The standard InChI is InChI=1S/C13H14Cl2N4/c1-2-19(8-10-5-3-4-6-16-10)13-11(7-14)12(15)17-9-18-13/h3-6,9H,2,7-8H2,1H3. The molecule has 2 aromatic heterocycles. The van der Waals surface area contributed by atoms with Crippen LogP contribution in [0.5, 0.6) is 0 Å². The van der Waals surface area contributed by atoms with Crippen LogP contribution in [0, 0.1) is 0 Å². The quantitative estimate of drug-likeness (QED) is 0.627. The first-order chi connectivity index (χ1) is 9.26. The van der Waals surface area contributed by atoms with Gasteiger partial charge in [0.15, 0.2) is 0 Å². The Morgan fingerprint density at radius 2 is 2.05 bits per heavy atom. The Morgan fingerprint density at radius 3 is 2.68 bits per heavy atom. The van der Waals surface area contributed by atoms with Gasteiger partial charge in [0.2, 0.25) is 0 Å². The van der Waals surface area contributed by atoms with Gasteiger partial charge in [-0.05, 0) is 19.1 Å². The molecule has 0 bridgehead atoms. The van der Waals surface area contributed by atoms with E-state index in [1.807, 2.05) is 18.2 Å². The smallest absolute Gasteiger partial charge is 0.138 e. The van der Waals surface area contributed by atoms with Crippen LogP contribution in [-0.2, 0) is 12.4 Å². The predicted octanol–water partition coefficient (Wildman–Crippen LogP) is 3.29. The molecule has 0 fully saturated rings. The molecule has 2 aromatic rings. The van der Waals surface area contributed by atoms with Gasteiger partial charge in [-0.25, -0.2) is 9.97 Å². The monoisotopic (exact) mass is 296 g/mol. The van der Waals surface area contributed by atoms with Crippen molar-refractivity contribution < 1.29 is 0 Å². The normalized spacial score (nSPS) is 10.5. The van der Waals surface area contributed by atoms with Gasteiger partial charge in [0.1, 0.15) is 17.3 Å². The molecule has 0 aliphatic carbocycles. The molecule has 0 spiro atoms. The van der Waals surface area contributed by atoms with Crippen LogP contribution in [-0.4, -0.2) is 21.5 Å². The molecule has 2 rings (SSSR count). The number of anilines is 1. The van der Waals surface area contributed by atoms with Crippen LogP contribution < -0.4 is 4.90 Å². The Balaban J connectivity index is 2.30. The van der Waals surface area contributed by atoms with Gasteiger partial charge in [0.25, 0.3) is 0 Å². The third-order valence-corrected chi connectivity index (χ3v) is 3.36. The summed E-state index contributed by atoms with van der Waals surface area (Å²) in [6.45, 7) is 3.50. The first-order valence-corrected chi connectivity index (χ1v) is 6.87. The van der Waals surface area contributed by atoms with E-state index in [2.05, 4.69) is 26.8 Å². The summed E-state index contributed by atoms with van der Waals surface area (Å²) < 4.78 is 0. The summed E-state index contributed by atoms with van der Waals surface area (Å²) in [5.41, 5.74) is 1.73. The highest BCUT2D eigenvalue weighted by atomic mass is 35.5. The van der Waals surface area contributed by atoms with E-state index in [9.17, 15) is 0 Å². The van der Waals surface area contributed by atoms with Crippen LogP contribution in [0.4, 0.5) is 5.82 Å². The fourth-order valence-corrected chi connectivity index (χ4v) is 2.30. The molecule has 6 heteroatoms. The maximum Gasteiger partial charge on any atom is 0.138 e. The summed E-state index contributed by atoms with van der Waals surface area (Å²) in [4.78, 5) is 14.7. The summed E-state index contributed by atoms with van der Waals surface area (Å²) in [5.74, 6) is 1.05. The lowest BCUT2D eigenvalue weighted by molar-refractivity contribution is 0.785. The maximum absolute atomic E-state index is 6.06. The molecule has 0 unspecified atom stereocenters. The molecule has 0 radical (unpaired) electrons. The van der Waals surface area contributed by atoms with Crippen molar-refractivity contribution in [3.05, 3.63) is 47.1 Å². The molecule has 0 atom stereocenters. The fraction of sp³-hybridized carbons (Fsp3) is 0.308. The lowest BCUT2D eigenvalue weighted by Crippen LogP contribution is -2.25. The molecule has 0 aliphatic rings. The second-order valence-corrected chi connectivity index (χ2v) is 4.56. The van der Waals surface area contributed by atoms with Crippen molar-refractivity contribution in [3.63, 3.8) is 0 Å². The van der Waals surface area contributed by atoms with Crippen LogP contribution in [0.15, 0.2) is 30.7 Å². The number of hydrogen-bond donors (Lipinski definition) is 0. The molecule has 2 heterocycles. The summed E-state index contributed by atoms with van der Waals surface area (Å²) >= 11 is 12.0. The van der Waals surface area contributed by atoms with Crippen molar-refractivity contribution in [3.8, 4) is 0 Å². The molecule has 100 valence electrons. The molecular formula is C13H14Cl2N4. The molecule has 0 aliphatic heterocycles. The second-order valence-electron chi connectivity index (χ2n) is 3.94. The number of nitrogens with zero attached hydrogens (tertiary/aromatic N) is 4. The van der Waals surface area contributed by atoms with Gasteiger partial charge < -0.3 is 4.90 Å². The Labute approximate surface area is 122 Å². The second kappa shape index (κ2) is 6.68. The van der Waals surface area contributed by atoms with Gasteiger partial charge in [-0.3, -0.25) is 4.98 Å². The first-order valence-electron chi connectivity index (χ1n) is 5.96. The van der Waals surface area contributed by atoms with E-state index >= 15 is 0 Å². The van der Waals surface area contributed by atoms with E-state index < -0.39 is 0 Å². The van der Waals surface area contributed by atoms with Gasteiger partial charge in [0.05, 0.1) is 18.1 Å². The molecule has 0 aromatic carbocycles. The largest absolute Gasteiger partial charge is 0.351 e. The molecule has 0 N–H and O–H groups in total. The zero-order valence-corrected chi connectivity index (χ0v) is 12.1. The average molecular weight is 297 g/mol. The maximum atomic E-state index is 6.06. The molecular weight excluding hydrogens is 283 g/mol. The fourth-order valence-electron chi connectivity index (χ4n) is 1.79. The SMILES string of the molecule is CCN(Cc1ccccn1)c1ncnc(Cl)c1CCl. The molecule has 4 nitrogen and oxygen atoms in total. The van der Waals surface area contributed by atoms with Gasteiger partial charge in [-0.2, -0.15) is 0 Å². The summed E-state index contributed by atoms with van der Waals surface area (Å²) in [6, 6.07) is 5.84. The highest BCUT2D eigenvalue weighted by Gasteiger charge is 2.15. The zero-order chi connectivity index (χ0) is 13.7. The van der Waals surface area contributed by atoms with E-state index in [0.29, 0.717) is 11.7 Å². The number of hydrogen-bond acceptors (Lipinski definition) is 4. The van der Waals surface area contributed by atoms with Crippen molar-refractivity contribution in [1.29, 1.82) is 0 Å². The Kier molecular flexibility index (Phi) is 4.93. The number of alkyl halides is 1. The minimum atomic E-state index is 0.285. The van der Waals surface area contributed by atoms with E-state index in [4.69, 9.17) is 23.2 Å². The van der Waals surface area contributed by atoms with Crippen molar-refractivity contribution in [2.24, 2.45) is 0 Å². The van der Waals surface area contributed by atoms with E-state index in [-0.39, 0.29) is 5.88 Å². The van der Waals surface area contributed by atoms with Crippen LogP contribution in [0.1, 0.15) is 18.2 Å². The van der Waals surface area contributed by atoms with Crippen molar-refractivity contribution >= 4 is 29.0 Å². The molecule has 0 saturated carbocycles. The Morgan fingerprint density at radius 1 is 1.21 bits per heavy atom. The van der Waals surface area contributed by atoms with E-state index in [1.54, 1.807) is 6.20 Å². The van der Waals surface area contributed by atoms with Gasteiger partial charge in [-0.15, -0.1) is 11.6 Å². The number of aromatic nitrogens is 3. The lowest BCUT2D eigenvalue weighted by atomic mass is 10.2. The summed E-state index contributed by atoms with van der Waals surface area (Å²) in [7, 11) is 0. The van der Waals surface area contributed by atoms with Crippen molar-refractivity contribution in [2.75, 3.05) is 11.4 Å². The highest BCUT2D eigenvalue weighted by molar-refractivity contribution is 6.31. The first kappa shape index (κ1) is 14.0. The Hall–Kier alpha value is -1.39. The van der Waals surface area contributed by atoms with Crippen LogP contribution in [0.25, 0.3) is 0 Å². The summed E-state index contributed by atoms with van der Waals surface area (Å²) in [6.07, 6.45) is 3.23. The highest BCUT2D eigenvalue weighted by Crippen LogP contribution is 2.25. The average Bonchev–Trinajstić information content (AvgIpc) is 2.45. The number of halogens is 2. The van der Waals surface area contributed by atoms with Gasteiger partial charge in [-0.1, -0.05) is 17.7 Å². The Bertz CT molecular complexity index is 533. The van der Waals surface area contributed by atoms with Crippen LogP contribution >= 0.6 is 23.2 Å². The molecule has 0 amide bonds. The van der Waals surface area contributed by atoms with Gasteiger partial charge >= 0.3 is 0 Å². The minimum absolute atomic E-state index is 0.285. The number of pyridine rings is 1. The third kappa shape index (κ3) is 3.33. The number of rotatable bonds is 5. The third-order valence-electron chi connectivity index (χ3n) is 2.76. The molecule has 19 heavy (non-hydrogen) atoms. The predicted molar refractivity (Wildman–Crippen MR) is 77.6 cm³/mol.